The number of nitrogens with zero attached hydrogens (tertiary/aromatic N) is 1. The third-order valence-corrected chi connectivity index (χ3v) is 4.72. The molecule has 0 spiro atoms. The first-order valence-corrected chi connectivity index (χ1v) is 7.34. The highest BCUT2D eigenvalue weighted by atomic mass is 16.5. The van der Waals surface area contributed by atoms with Crippen LogP contribution in [0, 0.1) is 0 Å². The molecule has 104 valence electrons. The summed E-state index contributed by atoms with van der Waals surface area (Å²) in [6.07, 6.45) is 3.54. The monoisotopic (exact) mass is 260 g/mol. The van der Waals surface area contributed by atoms with Gasteiger partial charge in [0.25, 0.3) is 0 Å². The molecule has 0 aromatic heterocycles. The highest BCUT2D eigenvalue weighted by molar-refractivity contribution is 5.39. The maximum atomic E-state index is 5.56. The van der Waals surface area contributed by atoms with Crippen molar-refractivity contribution in [3.8, 4) is 5.75 Å². The highest BCUT2D eigenvalue weighted by Crippen LogP contribution is 2.27. The Morgan fingerprint density at radius 3 is 2.84 bits per heavy atom. The molecule has 0 radical (unpaired) electrons. The van der Waals surface area contributed by atoms with Crippen LogP contribution in [-0.2, 0) is 13.0 Å². The third kappa shape index (κ3) is 2.77. The van der Waals surface area contributed by atoms with E-state index >= 15 is 0 Å². The molecule has 3 nitrogen and oxygen atoms in total. The summed E-state index contributed by atoms with van der Waals surface area (Å²) in [4.78, 5) is 2.57. The van der Waals surface area contributed by atoms with Gasteiger partial charge in [-0.05, 0) is 44.0 Å². The third-order valence-electron chi connectivity index (χ3n) is 4.72. The minimum absolute atomic E-state index is 0.336. The van der Waals surface area contributed by atoms with Gasteiger partial charge in [-0.3, -0.25) is 4.90 Å². The molecule has 2 aliphatic rings. The van der Waals surface area contributed by atoms with Crippen molar-refractivity contribution in [2.24, 2.45) is 0 Å². The lowest BCUT2D eigenvalue weighted by Crippen LogP contribution is -2.49. The van der Waals surface area contributed by atoms with Gasteiger partial charge in [0.2, 0.25) is 0 Å². The predicted molar refractivity (Wildman–Crippen MR) is 77.6 cm³/mol. The Morgan fingerprint density at radius 1 is 1.32 bits per heavy atom. The zero-order chi connectivity index (χ0) is 13.3. The van der Waals surface area contributed by atoms with Crippen molar-refractivity contribution in [2.75, 3.05) is 26.7 Å². The van der Waals surface area contributed by atoms with Crippen LogP contribution in [0.25, 0.3) is 0 Å². The molecule has 2 aliphatic heterocycles. The molecule has 1 aromatic carbocycles. The van der Waals surface area contributed by atoms with E-state index in [0.29, 0.717) is 5.54 Å². The molecule has 3 heteroatoms. The van der Waals surface area contributed by atoms with E-state index in [0.717, 1.165) is 25.3 Å². The standard InChI is InChI=1S/C16H24N2O/c1-16(17-2)6-8-18(9-7-16)12-13-3-4-15-14(11-13)5-10-19-15/h3-4,11,17H,5-10,12H2,1-2H3. The van der Waals surface area contributed by atoms with Crippen LogP contribution >= 0.6 is 0 Å². The van der Waals surface area contributed by atoms with Crippen LogP contribution in [0.5, 0.6) is 5.75 Å². The van der Waals surface area contributed by atoms with Gasteiger partial charge in [-0.15, -0.1) is 0 Å². The van der Waals surface area contributed by atoms with Gasteiger partial charge in [0.05, 0.1) is 6.61 Å². The molecule has 2 heterocycles. The molecule has 19 heavy (non-hydrogen) atoms. The van der Waals surface area contributed by atoms with Crippen molar-refractivity contribution in [3.05, 3.63) is 29.3 Å². The molecule has 3 rings (SSSR count). The van der Waals surface area contributed by atoms with E-state index in [1.165, 1.54) is 37.1 Å². The van der Waals surface area contributed by atoms with Crippen molar-refractivity contribution >= 4 is 0 Å². The van der Waals surface area contributed by atoms with Gasteiger partial charge in [-0.2, -0.15) is 0 Å². The Kier molecular flexibility index (Phi) is 3.50. The quantitative estimate of drug-likeness (QED) is 0.901. The largest absolute Gasteiger partial charge is 0.493 e. The summed E-state index contributed by atoms with van der Waals surface area (Å²) in [5, 5.41) is 3.46. The second-order valence-corrected chi connectivity index (χ2v) is 6.13. The van der Waals surface area contributed by atoms with E-state index in [2.05, 4.69) is 42.4 Å². The number of likely N-dealkylation sites (tertiary alicyclic amines) is 1. The van der Waals surface area contributed by atoms with Crippen molar-refractivity contribution < 1.29 is 4.74 Å². The van der Waals surface area contributed by atoms with Gasteiger partial charge in [-0.25, -0.2) is 0 Å². The Labute approximate surface area is 115 Å². The average molecular weight is 260 g/mol. The fourth-order valence-electron chi connectivity index (χ4n) is 3.05. The predicted octanol–water partition coefficient (Wildman–Crippen LogP) is 2.20. The van der Waals surface area contributed by atoms with Gasteiger partial charge in [0, 0.05) is 31.6 Å². The Balaban J connectivity index is 1.61. The van der Waals surface area contributed by atoms with E-state index in [4.69, 9.17) is 4.74 Å². The topological polar surface area (TPSA) is 24.5 Å². The first-order valence-electron chi connectivity index (χ1n) is 7.34. The van der Waals surface area contributed by atoms with E-state index in [9.17, 15) is 0 Å². The highest BCUT2D eigenvalue weighted by Gasteiger charge is 2.28. The number of hydrogen-bond acceptors (Lipinski definition) is 3. The summed E-state index contributed by atoms with van der Waals surface area (Å²) < 4.78 is 5.56. The van der Waals surface area contributed by atoms with Crippen LogP contribution < -0.4 is 10.1 Å². The molecular formula is C16H24N2O. The molecule has 1 fully saturated rings. The second kappa shape index (κ2) is 5.14. The van der Waals surface area contributed by atoms with Gasteiger partial charge in [0.15, 0.2) is 0 Å². The fourth-order valence-corrected chi connectivity index (χ4v) is 3.05. The molecule has 0 saturated carbocycles. The van der Waals surface area contributed by atoms with E-state index < -0.39 is 0 Å². The summed E-state index contributed by atoms with van der Waals surface area (Å²) in [5.74, 6) is 1.09. The first-order chi connectivity index (χ1) is 9.18. The maximum absolute atomic E-state index is 5.56. The minimum Gasteiger partial charge on any atom is -0.493 e. The van der Waals surface area contributed by atoms with Gasteiger partial charge >= 0.3 is 0 Å². The van der Waals surface area contributed by atoms with Crippen LogP contribution in [0.15, 0.2) is 18.2 Å². The lowest BCUT2D eigenvalue weighted by molar-refractivity contribution is 0.146. The molecule has 0 aliphatic carbocycles. The summed E-state index contributed by atoms with van der Waals surface area (Å²) in [5.41, 5.74) is 3.15. The zero-order valence-corrected chi connectivity index (χ0v) is 12.0. The zero-order valence-electron chi connectivity index (χ0n) is 12.0. The van der Waals surface area contributed by atoms with Crippen molar-refractivity contribution in [1.29, 1.82) is 0 Å². The van der Waals surface area contributed by atoms with Gasteiger partial charge in [0.1, 0.15) is 5.75 Å². The molecule has 0 atom stereocenters. The summed E-state index contributed by atoms with van der Waals surface area (Å²) >= 11 is 0. The second-order valence-electron chi connectivity index (χ2n) is 6.13. The summed E-state index contributed by atoms with van der Waals surface area (Å²) in [7, 11) is 2.08. The SMILES string of the molecule is CNC1(C)CCN(Cc2ccc3c(c2)CCO3)CC1. The number of hydrogen-bond donors (Lipinski definition) is 1. The molecule has 0 bridgehead atoms. The van der Waals surface area contributed by atoms with E-state index in [1.807, 2.05) is 0 Å². The number of rotatable bonds is 3. The number of nitrogens with one attached hydrogen (secondary N) is 1. The maximum Gasteiger partial charge on any atom is 0.122 e. The lowest BCUT2D eigenvalue weighted by Gasteiger charge is -2.39. The first kappa shape index (κ1) is 12.9. The number of benzene rings is 1. The van der Waals surface area contributed by atoms with Crippen LogP contribution in [0.1, 0.15) is 30.9 Å². The van der Waals surface area contributed by atoms with Crippen molar-refractivity contribution in [2.45, 2.75) is 38.3 Å². The van der Waals surface area contributed by atoms with Crippen molar-refractivity contribution in [3.63, 3.8) is 0 Å². The van der Waals surface area contributed by atoms with Crippen LogP contribution in [0.4, 0.5) is 0 Å². The Bertz CT molecular complexity index is 450. The smallest absolute Gasteiger partial charge is 0.122 e. The Morgan fingerprint density at radius 2 is 2.11 bits per heavy atom. The molecule has 1 saturated heterocycles. The van der Waals surface area contributed by atoms with Crippen molar-refractivity contribution in [1.82, 2.24) is 10.2 Å². The van der Waals surface area contributed by atoms with Gasteiger partial charge < -0.3 is 10.1 Å². The number of piperidine rings is 1. The van der Waals surface area contributed by atoms with Crippen LogP contribution in [0.2, 0.25) is 0 Å². The minimum atomic E-state index is 0.336. The normalized spacial score (nSPS) is 22.0. The Hall–Kier alpha value is -1.06. The number of ether oxygens (including phenoxy) is 1. The van der Waals surface area contributed by atoms with E-state index in [-0.39, 0.29) is 0 Å². The van der Waals surface area contributed by atoms with Crippen LogP contribution in [0.3, 0.4) is 0 Å². The fraction of sp³-hybridized carbons (Fsp3) is 0.625. The number of fused-ring (bicyclic) bond motifs is 1. The van der Waals surface area contributed by atoms with Crippen LogP contribution in [-0.4, -0.2) is 37.2 Å². The molecule has 0 unspecified atom stereocenters. The molecule has 0 amide bonds. The summed E-state index contributed by atoms with van der Waals surface area (Å²) in [6.45, 7) is 6.63. The van der Waals surface area contributed by atoms with E-state index in [1.54, 1.807) is 0 Å². The average Bonchev–Trinajstić information content (AvgIpc) is 2.89. The molecule has 1 aromatic rings. The molecule has 1 N–H and O–H groups in total. The van der Waals surface area contributed by atoms with Gasteiger partial charge in [-0.1, -0.05) is 12.1 Å². The lowest BCUT2D eigenvalue weighted by atomic mass is 9.89. The summed E-state index contributed by atoms with van der Waals surface area (Å²) in [6, 6.07) is 6.68. The molecular weight excluding hydrogens is 236 g/mol.